The van der Waals surface area contributed by atoms with E-state index in [-0.39, 0.29) is 0 Å². The molecule has 0 aliphatic carbocycles. The Morgan fingerprint density at radius 3 is 3.00 bits per heavy atom. The maximum Gasteiger partial charge on any atom is 0.123 e. The van der Waals surface area contributed by atoms with Crippen molar-refractivity contribution in [1.29, 1.82) is 0 Å². The highest BCUT2D eigenvalue weighted by Crippen LogP contribution is 1.98. The predicted octanol–water partition coefficient (Wildman–Crippen LogP) is 0.773. The van der Waals surface area contributed by atoms with Crippen LogP contribution in [0, 0.1) is 0 Å². The molecule has 0 fully saturated rings. The van der Waals surface area contributed by atoms with Crippen LogP contribution in [0.4, 0.5) is 5.82 Å². The van der Waals surface area contributed by atoms with Crippen molar-refractivity contribution < 1.29 is 0 Å². The normalized spacial score (nSPS) is 9.91. The number of aromatic nitrogens is 1. The Bertz CT molecular complexity index is 222. The fourth-order valence-electron chi connectivity index (χ4n) is 0.850. The zero-order chi connectivity index (χ0) is 8.10. The highest BCUT2D eigenvalue weighted by molar-refractivity contribution is 5.28. The molecule has 1 aromatic rings. The fourth-order valence-corrected chi connectivity index (χ4v) is 0.850. The molecule has 0 radical (unpaired) electrons. The number of hydrogen-bond acceptors (Lipinski definition) is 3. The summed E-state index contributed by atoms with van der Waals surface area (Å²) in [5.74, 6) is 0.584. The number of pyridine rings is 1. The summed E-state index contributed by atoms with van der Waals surface area (Å²) in [5.41, 5.74) is 6.48. The van der Waals surface area contributed by atoms with Gasteiger partial charge in [-0.2, -0.15) is 0 Å². The van der Waals surface area contributed by atoms with Gasteiger partial charge in [-0.05, 0) is 18.7 Å². The van der Waals surface area contributed by atoms with Crippen LogP contribution < -0.4 is 11.1 Å². The molecule has 3 N–H and O–H groups in total. The lowest BCUT2D eigenvalue weighted by molar-refractivity contribution is 0.711. The second-order valence-electron chi connectivity index (χ2n) is 2.33. The first-order valence-corrected chi connectivity index (χ1v) is 3.75. The molecule has 0 spiro atoms. The first-order chi connectivity index (χ1) is 5.33. The summed E-state index contributed by atoms with van der Waals surface area (Å²) in [6.45, 7) is 3.81. The fraction of sp³-hybridized carbons (Fsp3) is 0.375. The molecule has 0 saturated carbocycles. The summed E-state index contributed by atoms with van der Waals surface area (Å²) < 4.78 is 0. The van der Waals surface area contributed by atoms with Crippen molar-refractivity contribution in [3.05, 3.63) is 23.9 Å². The van der Waals surface area contributed by atoms with Gasteiger partial charge in [-0.15, -0.1) is 0 Å². The van der Waals surface area contributed by atoms with Gasteiger partial charge in [0, 0.05) is 6.54 Å². The zero-order valence-corrected chi connectivity index (χ0v) is 6.67. The predicted molar refractivity (Wildman–Crippen MR) is 46.0 cm³/mol. The van der Waals surface area contributed by atoms with E-state index in [4.69, 9.17) is 5.73 Å². The minimum atomic E-state index is 0.584. The van der Waals surface area contributed by atoms with E-state index in [0.29, 0.717) is 5.82 Å². The quantitative estimate of drug-likeness (QED) is 0.671. The first kappa shape index (κ1) is 8.01. The van der Waals surface area contributed by atoms with Gasteiger partial charge in [0.05, 0.1) is 5.69 Å². The van der Waals surface area contributed by atoms with Gasteiger partial charge in [-0.3, -0.25) is 0 Å². The van der Waals surface area contributed by atoms with Gasteiger partial charge in [0.2, 0.25) is 0 Å². The van der Waals surface area contributed by atoms with Crippen LogP contribution >= 0.6 is 0 Å². The van der Waals surface area contributed by atoms with E-state index in [9.17, 15) is 0 Å². The van der Waals surface area contributed by atoms with E-state index in [2.05, 4.69) is 17.2 Å². The Morgan fingerprint density at radius 1 is 1.55 bits per heavy atom. The maximum atomic E-state index is 5.49. The Balaban J connectivity index is 2.56. The molecule has 0 unspecified atom stereocenters. The third-order valence-electron chi connectivity index (χ3n) is 1.38. The van der Waals surface area contributed by atoms with E-state index in [1.54, 1.807) is 6.07 Å². The molecule has 60 valence electrons. The number of nitrogens with one attached hydrogen (secondary N) is 1. The van der Waals surface area contributed by atoms with Gasteiger partial charge >= 0.3 is 0 Å². The number of nitrogens with zero attached hydrogens (tertiary/aromatic N) is 1. The van der Waals surface area contributed by atoms with Gasteiger partial charge in [-0.25, -0.2) is 4.98 Å². The Kier molecular flexibility index (Phi) is 2.86. The zero-order valence-electron chi connectivity index (χ0n) is 6.67. The van der Waals surface area contributed by atoms with Crippen molar-refractivity contribution >= 4 is 5.82 Å². The van der Waals surface area contributed by atoms with Crippen molar-refractivity contribution in [3.63, 3.8) is 0 Å². The molecule has 3 nitrogen and oxygen atoms in total. The molecule has 0 aromatic carbocycles. The smallest absolute Gasteiger partial charge is 0.123 e. The van der Waals surface area contributed by atoms with E-state index >= 15 is 0 Å². The highest BCUT2D eigenvalue weighted by atomic mass is 14.9. The minimum Gasteiger partial charge on any atom is -0.384 e. The Labute approximate surface area is 66.6 Å². The van der Waals surface area contributed by atoms with Gasteiger partial charge in [0.15, 0.2) is 0 Å². The van der Waals surface area contributed by atoms with E-state index in [0.717, 1.165) is 18.8 Å². The molecule has 0 aliphatic rings. The topological polar surface area (TPSA) is 50.9 Å². The van der Waals surface area contributed by atoms with Crippen LogP contribution in [0.15, 0.2) is 18.2 Å². The molecule has 0 bridgehead atoms. The average Bonchev–Trinajstić information content (AvgIpc) is 2.01. The van der Waals surface area contributed by atoms with Crippen LogP contribution in [-0.4, -0.2) is 11.5 Å². The molecular formula is C8H13N3. The molecule has 11 heavy (non-hydrogen) atoms. The first-order valence-electron chi connectivity index (χ1n) is 3.75. The molecule has 0 atom stereocenters. The molecule has 1 heterocycles. The summed E-state index contributed by atoms with van der Waals surface area (Å²) in [4.78, 5) is 4.13. The molecule has 1 aromatic heterocycles. The van der Waals surface area contributed by atoms with Crippen molar-refractivity contribution in [3.8, 4) is 0 Å². The Morgan fingerprint density at radius 2 is 2.36 bits per heavy atom. The van der Waals surface area contributed by atoms with E-state index in [1.807, 2.05) is 12.1 Å². The van der Waals surface area contributed by atoms with Crippen LogP contribution in [0.3, 0.4) is 0 Å². The minimum absolute atomic E-state index is 0.584. The summed E-state index contributed by atoms with van der Waals surface area (Å²) >= 11 is 0. The maximum absolute atomic E-state index is 5.49. The molecule has 0 amide bonds. The number of nitrogen functional groups attached to an aromatic ring is 1. The highest BCUT2D eigenvalue weighted by Gasteiger charge is 1.91. The second kappa shape index (κ2) is 3.93. The average molecular weight is 151 g/mol. The van der Waals surface area contributed by atoms with Crippen LogP contribution in [0.2, 0.25) is 0 Å². The number of rotatable bonds is 3. The van der Waals surface area contributed by atoms with Gasteiger partial charge < -0.3 is 11.1 Å². The monoisotopic (exact) mass is 151 g/mol. The summed E-state index contributed by atoms with van der Waals surface area (Å²) in [6, 6.07) is 5.66. The third-order valence-corrected chi connectivity index (χ3v) is 1.38. The number of anilines is 1. The lowest BCUT2D eigenvalue weighted by Crippen LogP contribution is -2.13. The second-order valence-corrected chi connectivity index (χ2v) is 2.33. The van der Waals surface area contributed by atoms with Crippen molar-refractivity contribution in [2.45, 2.75) is 13.5 Å². The number of nitrogens with two attached hydrogens (primary N) is 1. The summed E-state index contributed by atoms with van der Waals surface area (Å²) in [6.07, 6.45) is 0. The van der Waals surface area contributed by atoms with Crippen molar-refractivity contribution in [2.24, 2.45) is 0 Å². The van der Waals surface area contributed by atoms with Crippen LogP contribution in [-0.2, 0) is 6.54 Å². The van der Waals surface area contributed by atoms with E-state index in [1.165, 1.54) is 0 Å². The molecule has 0 saturated heterocycles. The van der Waals surface area contributed by atoms with Crippen LogP contribution in [0.25, 0.3) is 0 Å². The summed E-state index contributed by atoms with van der Waals surface area (Å²) in [7, 11) is 0. The largest absolute Gasteiger partial charge is 0.384 e. The summed E-state index contributed by atoms with van der Waals surface area (Å²) in [5, 5.41) is 3.17. The van der Waals surface area contributed by atoms with Gasteiger partial charge in [0.1, 0.15) is 5.82 Å². The Hall–Kier alpha value is -1.09. The van der Waals surface area contributed by atoms with Crippen LogP contribution in [0.5, 0.6) is 0 Å². The number of hydrogen-bond donors (Lipinski definition) is 2. The third kappa shape index (κ3) is 2.55. The SMILES string of the molecule is CCNCc1cccc(N)n1. The van der Waals surface area contributed by atoms with Gasteiger partial charge in [-0.1, -0.05) is 13.0 Å². The van der Waals surface area contributed by atoms with Crippen molar-refractivity contribution in [1.82, 2.24) is 10.3 Å². The van der Waals surface area contributed by atoms with Gasteiger partial charge in [0.25, 0.3) is 0 Å². The molecule has 0 aliphatic heterocycles. The lowest BCUT2D eigenvalue weighted by Gasteiger charge is -2.00. The molecular weight excluding hydrogens is 138 g/mol. The van der Waals surface area contributed by atoms with Crippen LogP contribution in [0.1, 0.15) is 12.6 Å². The molecule has 3 heteroatoms. The lowest BCUT2D eigenvalue weighted by atomic mass is 10.3. The standard InChI is InChI=1S/C8H13N3/c1-2-10-6-7-4-3-5-8(9)11-7/h3-5,10H,2,6H2,1H3,(H2,9,11). The van der Waals surface area contributed by atoms with Crippen molar-refractivity contribution in [2.75, 3.05) is 12.3 Å². The molecule has 1 rings (SSSR count). The van der Waals surface area contributed by atoms with E-state index < -0.39 is 0 Å².